The van der Waals surface area contributed by atoms with Gasteiger partial charge in [0.05, 0.1) is 0 Å². The van der Waals surface area contributed by atoms with Crippen LogP contribution in [0.15, 0.2) is 24.3 Å². The smallest absolute Gasteiger partial charge is 0.320 e. The fraction of sp³-hybridized carbons (Fsp3) is 0.444. The second-order valence-corrected chi connectivity index (χ2v) is 6.15. The topological polar surface area (TPSA) is 59.7 Å². The molecule has 1 N–H and O–H groups in total. The summed E-state index contributed by atoms with van der Waals surface area (Å²) in [6.45, 7) is 7.32. The van der Waals surface area contributed by atoms with Gasteiger partial charge >= 0.3 is 6.03 Å². The number of piperazine rings is 1. The summed E-state index contributed by atoms with van der Waals surface area (Å²) in [6.07, 6.45) is 0. The first-order valence-electron chi connectivity index (χ1n) is 8.65. The van der Waals surface area contributed by atoms with Crippen molar-refractivity contribution in [2.45, 2.75) is 13.8 Å². The van der Waals surface area contributed by atoms with E-state index in [4.69, 9.17) is 0 Å². The molecule has 134 valence electrons. The molecule has 2 heterocycles. The van der Waals surface area contributed by atoms with E-state index in [0.29, 0.717) is 50.3 Å². The standard InChI is InChI=1S/C18H23FN4O2/c1-3-21(4-2)18(25)23-9-7-22(8-10-23)17(24)16-12-13-11-14(19)5-6-15(13)20-16/h5-6,11-12,20H,3-4,7-10H2,1-2H3. The van der Waals surface area contributed by atoms with Crippen LogP contribution in [0, 0.1) is 5.82 Å². The molecule has 1 aromatic heterocycles. The molecule has 7 heteroatoms. The number of nitrogens with zero attached hydrogens (tertiary/aromatic N) is 3. The van der Waals surface area contributed by atoms with Crippen LogP contribution in [0.3, 0.4) is 0 Å². The minimum absolute atomic E-state index is 0.0261. The predicted octanol–water partition coefficient (Wildman–Crippen LogP) is 2.53. The molecular weight excluding hydrogens is 323 g/mol. The Morgan fingerprint density at radius 1 is 1.08 bits per heavy atom. The monoisotopic (exact) mass is 346 g/mol. The Morgan fingerprint density at radius 3 is 2.36 bits per heavy atom. The Morgan fingerprint density at radius 2 is 1.72 bits per heavy atom. The maximum Gasteiger partial charge on any atom is 0.320 e. The number of urea groups is 1. The lowest BCUT2D eigenvalue weighted by molar-refractivity contribution is 0.0637. The first-order valence-corrected chi connectivity index (χ1v) is 8.65. The zero-order valence-corrected chi connectivity index (χ0v) is 14.6. The van der Waals surface area contributed by atoms with Crippen LogP contribution in [0.1, 0.15) is 24.3 Å². The number of hydrogen-bond donors (Lipinski definition) is 1. The van der Waals surface area contributed by atoms with E-state index in [-0.39, 0.29) is 17.8 Å². The molecule has 0 saturated carbocycles. The van der Waals surface area contributed by atoms with E-state index in [0.717, 1.165) is 5.52 Å². The lowest BCUT2D eigenvalue weighted by atomic mass is 10.2. The zero-order valence-electron chi connectivity index (χ0n) is 14.6. The van der Waals surface area contributed by atoms with Crippen molar-refractivity contribution in [3.8, 4) is 0 Å². The fourth-order valence-corrected chi connectivity index (χ4v) is 3.18. The number of carbonyl (C=O) groups excluding carboxylic acids is 2. The van der Waals surface area contributed by atoms with E-state index in [9.17, 15) is 14.0 Å². The van der Waals surface area contributed by atoms with Crippen molar-refractivity contribution in [1.29, 1.82) is 0 Å². The van der Waals surface area contributed by atoms with Gasteiger partial charge in [-0.3, -0.25) is 4.79 Å². The molecule has 1 aromatic carbocycles. The summed E-state index contributed by atoms with van der Waals surface area (Å²) in [5.74, 6) is -0.444. The third-order valence-corrected chi connectivity index (χ3v) is 4.68. The largest absolute Gasteiger partial charge is 0.351 e. The maximum atomic E-state index is 13.3. The number of hydrogen-bond acceptors (Lipinski definition) is 2. The number of H-pyrrole nitrogens is 1. The van der Waals surface area contributed by atoms with Gasteiger partial charge in [0.15, 0.2) is 0 Å². The Balaban J connectivity index is 1.65. The molecule has 0 bridgehead atoms. The number of amides is 3. The summed E-state index contributed by atoms with van der Waals surface area (Å²) < 4.78 is 13.3. The van der Waals surface area contributed by atoms with Crippen molar-refractivity contribution in [1.82, 2.24) is 19.7 Å². The van der Waals surface area contributed by atoms with Gasteiger partial charge in [0.25, 0.3) is 5.91 Å². The number of benzene rings is 1. The van der Waals surface area contributed by atoms with Gasteiger partial charge in [-0.15, -0.1) is 0 Å². The molecule has 0 radical (unpaired) electrons. The van der Waals surface area contributed by atoms with E-state index in [2.05, 4.69) is 4.98 Å². The number of aromatic nitrogens is 1. The van der Waals surface area contributed by atoms with Gasteiger partial charge in [0.1, 0.15) is 11.5 Å². The number of rotatable bonds is 3. The number of fused-ring (bicyclic) bond motifs is 1. The minimum atomic E-state index is -0.325. The molecule has 0 atom stereocenters. The molecule has 0 aliphatic carbocycles. The quantitative estimate of drug-likeness (QED) is 0.928. The predicted molar refractivity (Wildman–Crippen MR) is 94.1 cm³/mol. The SMILES string of the molecule is CCN(CC)C(=O)N1CCN(C(=O)c2cc3cc(F)ccc3[nH]2)CC1. The molecule has 0 unspecified atom stereocenters. The van der Waals surface area contributed by atoms with Crippen molar-refractivity contribution in [3.05, 3.63) is 35.8 Å². The maximum absolute atomic E-state index is 13.3. The van der Waals surface area contributed by atoms with E-state index in [1.165, 1.54) is 12.1 Å². The molecule has 0 spiro atoms. The molecule has 1 fully saturated rings. The van der Waals surface area contributed by atoms with Crippen LogP contribution >= 0.6 is 0 Å². The van der Waals surface area contributed by atoms with Gasteiger partial charge in [0.2, 0.25) is 0 Å². The number of halogens is 1. The Kier molecular flexibility index (Phi) is 4.92. The highest BCUT2D eigenvalue weighted by Crippen LogP contribution is 2.18. The van der Waals surface area contributed by atoms with Gasteiger partial charge in [-0.25, -0.2) is 9.18 Å². The highest BCUT2D eigenvalue weighted by atomic mass is 19.1. The molecule has 1 aliphatic heterocycles. The van der Waals surface area contributed by atoms with Gasteiger partial charge in [-0.1, -0.05) is 0 Å². The highest BCUT2D eigenvalue weighted by molar-refractivity contribution is 5.98. The zero-order chi connectivity index (χ0) is 18.0. The van der Waals surface area contributed by atoms with Crippen molar-refractivity contribution < 1.29 is 14.0 Å². The number of carbonyl (C=O) groups is 2. The highest BCUT2D eigenvalue weighted by Gasteiger charge is 2.27. The van der Waals surface area contributed by atoms with Crippen LogP contribution in [0.5, 0.6) is 0 Å². The third kappa shape index (κ3) is 3.45. The van der Waals surface area contributed by atoms with E-state index >= 15 is 0 Å². The molecule has 25 heavy (non-hydrogen) atoms. The van der Waals surface area contributed by atoms with Gasteiger partial charge < -0.3 is 19.7 Å². The van der Waals surface area contributed by atoms with Crippen molar-refractivity contribution in [2.75, 3.05) is 39.3 Å². The van der Waals surface area contributed by atoms with Crippen LogP contribution in [0.4, 0.5) is 9.18 Å². The van der Waals surface area contributed by atoms with Crippen molar-refractivity contribution in [3.63, 3.8) is 0 Å². The lowest BCUT2D eigenvalue weighted by Gasteiger charge is -2.37. The van der Waals surface area contributed by atoms with E-state index < -0.39 is 0 Å². The first kappa shape index (κ1) is 17.3. The number of aromatic amines is 1. The van der Waals surface area contributed by atoms with Crippen LogP contribution < -0.4 is 0 Å². The average molecular weight is 346 g/mol. The molecule has 3 amide bonds. The Hall–Kier alpha value is -2.57. The Labute approximate surface area is 146 Å². The normalized spacial score (nSPS) is 14.8. The van der Waals surface area contributed by atoms with Gasteiger partial charge in [-0.05, 0) is 38.1 Å². The molecular formula is C18H23FN4O2. The summed E-state index contributed by atoms with van der Waals surface area (Å²) in [5, 5.41) is 0.679. The van der Waals surface area contributed by atoms with E-state index in [1.54, 1.807) is 26.8 Å². The molecule has 6 nitrogen and oxygen atoms in total. The third-order valence-electron chi connectivity index (χ3n) is 4.68. The van der Waals surface area contributed by atoms with E-state index in [1.807, 2.05) is 13.8 Å². The fourth-order valence-electron chi connectivity index (χ4n) is 3.18. The number of nitrogens with one attached hydrogen (secondary N) is 1. The molecule has 1 saturated heterocycles. The molecule has 3 rings (SSSR count). The summed E-state index contributed by atoms with van der Waals surface area (Å²) in [7, 11) is 0. The average Bonchev–Trinajstić information content (AvgIpc) is 3.05. The lowest BCUT2D eigenvalue weighted by Crippen LogP contribution is -2.54. The summed E-state index contributed by atoms with van der Waals surface area (Å²) >= 11 is 0. The van der Waals surface area contributed by atoms with Crippen LogP contribution in [0.2, 0.25) is 0 Å². The summed E-state index contributed by atoms with van der Waals surface area (Å²) in [6, 6.07) is 6.10. The van der Waals surface area contributed by atoms with Gasteiger partial charge in [0, 0.05) is 50.2 Å². The molecule has 2 aromatic rings. The van der Waals surface area contributed by atoms with Crippen LogP contribution in [-0.4, -0.2) is 70.9 Å². The Bertz CT molecular complexity index is 776. The van der Waals surface area contributed by atoms with Crippen molar-refractivity contribution >= 4 is 22.8 Å². The van der Waals surface area contributed by atoms with Crippen LogP contribution in [-0.2, 0) is 0 Å². The molecule has 1 aliphatic rings. The minimum Gasteiger partial charge on any atom is -0.351 e. The summed E-state index contributed by atoms with van der Waals surface area (Å²) in [4.78, 5) is 33.4. The van der Waals surface area contributed by atoms with Crippen molar-refractivity contribution in [2.24, 2.45) is 0 Å². The van der Waals surface area contributed by atoms with Gasteiger partial charge in [-0.2, -0.15) is 0 Å². The first-order chi connectivity index (χ1) is 12.0. The second-order valence-electron chi connectivity index (χ2n) is 6.15. The summed E-state index contributed by atoms with van der Waals surface area (Å²) in [5.41, 5.74) is 1.18. The second kappa shape index (κ2) is 7.13. The van der Waals surface area contributed by atoms with Crippen LogP contribution in [0.25, 0.3) is 10.9 Å².